The molecule has 0 atom stereocenters. The average Bonchev–Trinajstić information content (AvgIpc) is 3.37. The summed E-state index contributed by atoms with van der Waals surface area (Å²) in [6.45, 7) is 2.30. The molecule has 0 saturated carbocycles. The number of aromatic amines is 1. The van der Waals surface area contributed by atoms with Gasteiger partial charge in [0.15, 0.2) is 5.69 Å². The molecular weight excluding hydrogens is 404 g/mol. The number of rotatable bonds is 7. The van der Waals surface area contributed by atoms with E-state index in [2.05, 4.69) is 15.5 Å². The summed E-state index contributed by atoms with van der Waals surface area (Å²) in [5, 5.41) is 13.9. The molecule has 32 heavy (non-hydrogen) atoms. The summed E-state index contributed by atoms with van der Waals surface area (Å²) in [5.41, 5.74) is 9.75. The van der Waals surface area contributed by atoms with Crippen LogP contribution in [0.4, 0.5) is 5.69 Å². The minimum absolute atomic E-state index is 0.00935. The van der Waals surface area contributed by atoms with Crippen molar-refractivity contribution in [2.24, 2.45) is 5.73 Å². The third kappa shape index (κ3) is 4.65. The average molecular weight is 426 g/mol. The number of nitrogens with two attached hydrogens (primary N) is 1. The van der Waals surface area contributed by atoms with Gasteiger partial charge in [0.1, 0.15) is 0 Å². The first kappa shape index (κ1) is 20.8. The number of hydrogen-bond acceptors (Lipinski definition) is 4. The number of nitrogens with zero attached hydrogens (tertiary/aromatic N) is 3. The lowest BCUT2D eigenvalue weighted by molar-refractivity contribution is -0.111. The number of anilines is 1. The third-order valence-corrected chi connectivity index (χ3v) is 4.87. The highest BCUT2D eigenvalue weighted by Gasteiger charge is 2.16. The summed E-state index contributed by atoms with van der Waals surface area (Å²) >= 11 is 0. The van der Waals surface area contributed by atoms with Gasteiger partial charge in [0.25, 0.3) is 5.91 Å². The van der Waals surface area contributed by atoms with E-state index < -0.39 is 11.8 Å². The molecular formula is C24H22N6O2. The first-order valence-corrected chi connectivity index (χ1v) is 10.0. The van der Waals surface area contributed by atoms with Gasteiger partial charge in [-0.2, -0.15) is 10.2 Å². The van der Waals surface area contributed by atoms with E-state index in [1.807, 2.05) is 71.5 Å². The first-order chi connectivity index (χ1) is 15.5. The van der Waals surface area contributed by atoms with Crippen molar-refractivity contribution in [3.8, 4) is 11.3 Å². The van der Waals surface area contributed by atoms with Gasteiger partial charge in [-0.15, -0.1) is 0 Å². The maximum atomic E-state index is 12.5. The summed E-state index contributed by atoms with van der Waals surface area (Å²) in [6, 6.07) is 19.8. The van der Waals surface area contributed by atoms with Gasteiger partial charge < -0.3 is 11.1 Å². The largest absolute Gasteiger partial charge is 0.364 e. The Balaban J connectivity index is 1.60. The zero-order chi connectivity index (χ0) is 22.5. The Hall–Kier alpha value is -4.46. The van der Waals surface area contributed by atoms with Gasteiger partial charge in [0.2, 0.25) is 5.91 Å². The Morgan fingerprint density at radius 2 is 1.78 bits per heavy atom. The number of amides is 2. The van der Waals surface area contributed by atoms with Crippen molar-refractivity contribution < 1.29 is 9.59 Å². The van der Waals surface area contributed by atoms with E-state index in [-0.39, 0.29) is 11.4 Å². The molecule has 0 aliphatic carbocycles. The molecule has 0 radical (unpaired) electrons. The lowest BCUT2D eigenvalue weighted by Gasteiger charge is -2.02. The van der Waals surface area contributed by atoms with E-state index in [1.54, 1.807) is 13.0 Å². The number of aryl methyl sites for hydroxylation is 1. The van der Waals surface area contributed by atoms with Crippen LogP contribution in [0.15, 0.2) is 72.9 Å². The van der Waals surface area contributed by atoms with Gasteiger partial charge >= 0.3 is 0 Å². The maximum absolute atomic E-state index is 12.5. The highest BCUT2D eigenvalue weighted by Crippen LogP contribution is 2.24. The van der Waals surface area contributed by atoms with Crippen LogP contribution in [-0.2, 0) is 11.3 Å². The highest BCUT2D eigenvalue weighted by atomic mass is 16.2. The Kier molecular flexibility index (Phi) is 5.94. The Morgan fingerprint density at radius 3 is 2.47 bits per heavy atom. The number of aromatic nitrogens is 4. The third-order valence-electron chi connectivity index (χ3n) is 4.87. The van der Waals surface area contributed by atoms with Crippen LogP contribution >= 0.6 is 0 Å². The molecule has 0 aliphatic rings. The topological polar surface area (TPSA) is 119 Å². The van der Waals surface area contributed by atoms with Crippen LogP contribution in [0.3, 0.4) is 0 Å². The number of hydrogen-bond donors (Lipinski definition) is 3. The second-order valence-corrected chi connectivity index (χ2v) is 7.24. The van der Waals surface area contributed by atoms with Crippen molar-refractivity contribution in [3.05, 3.63) is 95.5 Å². The van der Waals surface area contributed by atoms with Crippen molar-refractivity contribution in [2.75, 3.05) is 5.32 Å². The van der Waals surface area contributed by atoms with Crippen LogP contribution in [0.1, 0.15) is 27.3 Å². The van der Waals surface area contributed by atoms with Crippen LogP contribution in [0.2, 0.25) is 0 Å². The number of carbonyl (C=O) groups excluding carboxylic acids is 2. The summed E-state index contributed by atoms with van der Waals surface area (Å²) < 4.78 is 1.85. The van der Waals surface area contributed by atoms with Crippen molar-refractivity contribution >= 4 is 23.6 Å². The molecule has 0 unspecified atom stereocenters. The van der Waals surface area contributed by atoms with E-state index in [0.29, 0.717) is 12.2 Å². The van der Waals surface area contributed by atoms with Gasteiger partial charge in [-0.1, -0.05) is 60.7 Å². The van der Waals surface area contributed by atoms with Gasteiger partial charge in [-0.05, 0) is 18.6 Å². The van der Waals surface area contributed by atoms with Gasteiger partial charge in [0, 0.05) is 23.4 Å². The molecule has 2 aromatic heterocycles. The molecule has 0 fully saturated rings. The van der Waals surface area contributed by atoms with Gasteiger partial charge in [-0.25, -0.2) is 0 Å². The maximum Gasteiger partial charge on any atom is 0.271 e. The van der Waals surface area contributed by atoms with Crippen LogP contribution < -0.4 is 11.1 Å². The number of benzene rings is 2. The fraction of sp³-hybridized carbons (Fsp3) is 0.0833. The van der Waals surface area contributed by atoms with E-state index in [9.17, 15) is 9.59 Å². The molecule has 4 N–H and O–H groups in total. The predicted octanol–water partition coefficient (Wildman–Crippen LogP) is 3.38. The minimum atomic E-state index is -0.720. The second-order valence-electron chi connectivity index (χ2n) is 7.24. The molecule has 8 heteroatoms. The fourth-order valence-electron chi connectivity index (χ4n) is 3.32. The van der Waals surface area contributed by atoms with Gasteiger partial charge in [-0.3, -0.25) is 19.4 Å². The number of primary amides is 1. The van der Waals surface area contributed by atoms with Crippen molar-refractivity contribution in [2.45, 2.75) is 13.5 Å². The van der Waals surface area contributed by atoms with Crippen LogP contribution in [0, 0.1) is 6.92 Å². The molecule has 0 bridgehead atoms. The second kappa shape index (κ2) is 9.13. The highest BCUT2D eigenvalue weighted by molar-refractivity contribution is 6.07. The normalized spacial score (nSPS) is 11.0. The fourth-order valence-corrected chi connectivity index (χ4v) is 3.32. The first-order valence-electron chi connectivity index (χ1n) is 10.0. The van der Waals surface area contributed by atoms with Crippen LogP contribution in [-0.4, -0.2) is 31.8 Å². The smallest absolute Gasteiger partial charge is 0.271 e. The number of carbonyl (C=O) groups is 2. The van der Waals surface area contributed by atoms with E-state index in [4.69, 9.17) is 10.8 Å². The zero-order valence-electron chi connectivity index (χ0n) is 17.4. The monoisotopic (exact) mass is 426 g/mol. The molecule has 0 spiro atoms. The summed E-state index contributed by atoms with van der Waals surface area (Å²) in [7, 11) is 0. The Morgan fingerprint density at radius 1 is 1.09 bits per heavy atom. The molecule has 2 heterocycles. The molecule has 4 aromatic rings. The molecule has 160 valence electrons. The van der Waals surface area contributed by atoms with E-state index in [0.717, 1.165) is 22.4 Å². The Labute approximate surface area is 184 Å². The zero-order valence-corrected chi connectivity index (χ0v) is 17.4. The lowest BCUT2D eigenvalue weighted by Crippen LogP contribution is -2.16. The van der Waals surface area contributed by atoms with Crippen molar-refractivity contribution in [3.63, 3.8) is 0 Å². The summed E-state index contributed by atoms with van der Waals surface area (Å²) in [5.74, 6) is -1.13. The summed E-state index contributed by atoms with van der Waals surface area (Å²) in [6.07, 6.45) is 5.00. The molecule has 8 nitrogen and oxygen atoms in total. The van der Waals surface area contributed by atoms with E-state index >= 15 is 0 Å². The standard InChI is InChI=1S/C24H22N6O2/c1-16-21(23(24(25)32)28-27-16)26-20(31)13-12-19-15-30(14-17-8-4-2-5-9-17)29-22(19)18-10-6-3-7-11-18/h2-13,15H,14H2,1H3,(H2,25,32)(H,26,31)(H,27,28)/b13-12+. The van der Waals surface area contributed by atoms with Crippen molar-refractivity contribution in [1.29, 1.82) is 0 Å². The predicted molar refractivity (Wildman–Crippen MR) is 123 cm³/mol. The van der Waals surface area contributed by atoms with Crippen LogP contribution in [0.25, 0.3) is 17.3 Å². The molecule has 0 aliphatic heterocycles. The quantitative estimate of drug-likeness (QED) is 0.393. The molecule has 4 rings (SSSR count). The van der Waals surface area contributed by atoms with E-state index in [1.165, 1.54) is 6.08 Å². The minimum Gasteiger partial charge on any atom is -0.364 e. The lowest BCUT2D eigenvalue weighted by atomic mass is 10.1. The molecule has 0 saturated heterocycles. The molecule has 2 amide bonds. The summed E-state index contributed by atoms with van der Waals surface area (Å²) in [4.78, 5) is 24.0. The number of nitrogens with one attached hydrogen (secondary N) is 2. The SMILES string of the molecule is Cc1[nH]nc(C(N)=O)c1NC(=O)/C=C/c1cn(Cc2ccccc2)nc1-c1ccccc1. The number of H-pyrrole nitrogens is 1. The van der Waals surface area contributed by atoms with Crippen molar-refractivity contribution in [1.82, 2.24) is 20.0 Å². The van der Waals surface area contributed by atoms with Gasteiger partial charge in [0.05, 0.1) is 23.6 Å². The van der Waals surface area contributed by atoms with Crippen LogP contribution in [0.5, 0.6) is 0 Å². The molecule has 2 aromatic carbocycles. The Bertz CT molecular complexity index is 1270.